The van der Waals surface area contributed by atoms with Gasteiger partial charge in [0.2, 0.25) is 21.8 Å². The summed E-state index contributed by atoms with van der Waals surface area (Å²) < 4.78 is 25.2. The Morgan fingerprint density at radius 2 is 1.80 bits per heavy atom. The van der Waals surface area contributed by atoms with Crippen molar-refractivity contribution in [2.75, 3.05) is 26.2 Å². The minimum absolute atomic E-state index is 0.0250. The maximum Gasteiger partial charge on any atom is 0.238 e. The van der Waals surface area contributed by atoms with Crippen molar-refractivity contribution in [3.8, 4) is 0 Å². The fourth-order valence-corrected chi connectivity index (χ4v) is 4.56. The molecule has 0 spiro atoms. The number of aryl methyl sites for hydroxylation is 2. The number of nitrogens with zero attached hydrogens (tertiary/aromatic N) is 4. The summed E-state index contributed by atoms with van der Waals surface area (Å²) in [7, 11) is -3.80. The molecule has 1 aliphatic carbocycles. The van der Waals surface area contributed by atoms with E-state index in [0.717, 1.165) is 24.2 Å². The smallest absolute Gasteiger partial charge is 0.238 e. The van der Waals surface area contributed by atoms with Crippen LogP contribution < -0.4 is 5.14 Å². The second-order valence-corrected chi connectivity index (χ2v) is 9.51. The Balaban J connectivity index is 1.40. The number of primary sulfonamides is 1. The number of carbonyl (C=O) groups is 2. The predicted octanol–water partition coefficient (Wildman–Crippen LogP) is 0.717. The number of hydrogen-bond donors (Lipinski definition) is 1. The zero-order chi connectivity index (χ0) is 21.5. The molecule has 30 heavy (non-hydrogen) atoms. The summed E-state index contributed by atoms with van der Waals surface area (Å²) in [4.78, 5) is 33.1. The van der Waals surface area contributed by atoms with Crippen molar-refractivity contribution in [1.82, 2.24) is 19.4 Å². The summed E-state index contributed by atoms with van der Waals surface area (Å²) in [5.74, 6) is 1.24. The van der Waals surface area contributed by atoms with Crippen LogP contribution in [0, 0.1) is 5.92 Å². The molecular weight excluding hydrogens is 406 g/mol. The number of piperazine rings is 1. The average Bonchev–Trinajstić information content (AvgIpc) is 3.51. The minimum atomic E-state index is -3.80. The highest BCUT2D eigenvalue weighted by molar-refractivity contribution is 7.89. The molecule has 2 N–H and O–H groups in total. The van der Waals surface area contributed by atoms with Gasteiger partial charge in [-0.1, -0.05) is 0 Å². The van der Waals surface area contributed by atoms with E-state index in [4.69, 9.17) is 5.14 Å². The van der Waals surface area contributed by atoms with Crippen LogP contribution in [-0.2, 0) is 32.6 Å². The summed E-state index contributed by atoms with van der Waals surface area (Å²) in [6.45, 7) is 4.99. The summed E-state index contributed by atoms with van der Waals surface area (Å²) >= 11 is 0. The SMILES string of the molecule is CCn1c(CCC(=O)N2CCN(C(=O)C3CC3)CC2)nc2cc(S(N)(=O)=O)ccc21. The van der Waals surface area contributed by atoms with Gasteiger partial charge in [-0.2, -0.15) is 0 Å². The molecule has 2 aromatic rings. The highest BCUT2D eigenvalue weighted by atomic mass is 32.2. The summed E-state index contributed by atoms with van der Waals surface area (Å²) in [6.07, 6.45) is 2.78. The summed E-state index contributed by atoms with van der Waals surface area (Å²) in [5.41, 5.74) is 1.37. The van der Waals surface area contributed by atoms with Gasteiger partial charge in [0.05, 0.1) is 15.9 Å². The van der Waals surface area contributed by atoms with Crippen molar-refractivity contribution in [1.29, 1.82) is 0 Å². The first kappa shape index (κ1) is 20.8. The number of rotatable bonds is 6. The number of fused-ring (bicyclic) bond motifs is 1. The first-order valence-corrected chi connectivity index (χ1v) is 11.9. The Morgan fingerprint density at radius 3 is 2.40 bits per heavy atom. The number of amides is 2. The second-order valence-electron chi connectivity index (χ2n) is 7.95. The van der Waals surface area contributed by atoms with Crippen molar-refractivity contribution >= 4 is 32.9 Å². The monoisotopic (exact) mass is 433 g/mol. The molecule has 1 saturated carbocycles. The average molecular weight is 434 g/mol. The lowest BCUT2D eigenvalue weighted by Gasteiger charge is -2.35. The topological polar surface area (TPSA) is 119 Å². The highest BCUT2D eigenvalue weighted by Crippen LogP contribution is 2.31. The molecule has 1 saturated heterocycles. The van der Waals surface area contributed by atoms with Crippen molar-refractivity contribution < 1.29 is 18.0 Å². The van der Waals surface area contributed by atoms with Gasteiger partial charge in [-0.25, -0.2) is 18.5 Å². The van der Waals surface area contributed by atoms with E-state index in [1.54, 1.807) is 6.07 Å². The molecule has 162 valence electrons. The predicted molar refractivity (Wildman–Crippen MR) is 111 cm³/mol. The van der Waals surface area contributed by atoms with Gasteiger partial charge in [-0.05, 0) is 38.0 Å². The lowest BCUT2D eigenvalue weighted by Crippen LogP contribution is -2.51. The zero-order valence-corrected chi connectivity index (χ0v) is 17.9. The normalized spacial score (nSPS) is 17.5. The largest absolute Gasteiger partial charge is 0.339 e. The van der Waals surface area contributed by atoms with Gasteiger partial charge < -0.3 is 14.4 Å². The van der Waals surface area contributed by atoms with E-state index in [9.17, 15) is 18.0 Å². The molecule has 2 fully saturated rings. The third kappa shape index (κ3) is 4.20. The van der Waals surface area contributed by atoms with Crippen LogP contribution in [0.3, 0.4) is 0 Å². The fourth-order valence-electron chi connectivity index (χ4n) is 4.02. The van der Waals surface area contributed by atoms with Crippen LogP contribution in [0.25, 0.3) is 11.0 Å². The quantitative estimate of drug-likeness (QED) is 0.720. The number of imidazole rings is 1. The number of benzene rings is 1. The Bertz CT molecular complexity index is 1080. The van der Waals surface area contributed by atoms with Gasteiger partial charge >= 0.3 is 0 Å². The fraction of sp³-hybridized carbons (Fsp3) is 0.550. The Labute approximate surface area is 175 Å². The molecule has 1 aromatic heterocycles. The third-order valence-corrected chi connectivity index (χ3v) is 6.79. The van der Waals surface area contributed by atoms with Crippen molar-refractivity contribution in [3.63, 3.8) is 0 Å². The van der Waals surface area contributed by atoms with Crippen LogP contribution in [0.5, 0.6) is 0 Å². The highest BCUT2D eigenvalue weighted by Gasteiger charge is 2.35. The van der Waals surface area contributed by atoms with Gasteiger partial charge in [0, 0.05) is 51.5 Å². The van der Waals surface area contributed by atoms with E-state index >= 15 is 0 Å². The van der Waals surface area contributed by atoms with E-state index in [1.165, 1.54) is 12.1 Å². The Morgan fingerprint density at radius 1 is 1.13 bits per heavy atom. The Kier molecular flexibility index (Phi) is 5.54. The maximum absolute atomic E-state index is 12.7. The van der Waals surface area contributed by atoms with Gasteiger partial charge in [-0.15, -0.1) is 0 Å². The standard InChI is InChI=1S/C20H27N5O4S/c1-2-25-17-6-5-15(30(21,28)29)13-16(17)22-18(25)7-8-19(26)23-9-11-24(12-10-23)20(27)14-3-4-14/h5-6,13-14H,2-4,7-12H2,1H3,(H2,21,28,29). The molecule has 9 nitrogen and oxygen atoms in total. The molecule has 1 aromatic carbocycles. The van der Waals surface area contributed by atoms with E-state index in [2.05, 4.69) is 4.98 Å². The number of hydrogen-bond acceptors (Lipinski definition) is 5. The molecule has 2 aliphatic rings. The molecule has 0 unspecified atom stereocenters. The number of carbonyl (C=O) groups excluding carboxylic acids is 2. The molecule has 0 radical (unpaired) electrons. The second kappa shape index (κ2) is 7.99. The van der Waals surface area contributed by atoms with Crippen LogP contribution in [-0.4, -0.2) is 65.8 Å². The number of aromatic nitrogens is 2. The van der Waals surface area contributed by atoms with E-state index in [1.807, 2.05) is 21.3 Å². The third-order valence-electron chi connectivity index (χ3n) is 5.88. The van der Waals surface area contributed by atoms with Crippen LogP contribution in [0.1, 0.15) is 32.0 Å². The van der Waals surface area contributed by atoms with Crippen LogP contribution in [0.4, 0.5) is 0 Å². The van der Waals surface area contributed by atoms with Gasteiger partial charge in [0.25, 0.3) is 0 Å². The van der Waals surface area contributed by atoms with E-state index < -0.39 is 10.0 Å². The Hall–Kier alpha value is -2.46. The van der Waals surface area contributed by atoms with Crippen LogP contribution >= 0.6 is 0 Å². The summed E-state index contributed by atoms with van der Waals surface area (Å²) in [5, 5.41) is 5.22. The van der Waals surface area contributed by atoms with E-state index in [-0.39, 0.29) is 22.6 Å². The van der Waals surface area contributed by atoms with Crippen LogP contribution in [0.2, 0.25) is 0 Å². The molecule has 0 bridgehead atoms. The molecular formula is C20H27N5O4S. The van der Waals surface area contributed by atoms with Gasteiger partial charge in [0.1, 0.15) is 5.82 Å². The lowest BCUT2D eigenvalue weighted by atomic mass is 10.2. The van der Waals surface area contributed by atoms with Gasteiger partial charge in [-0.3, -0.25) is 9.59 Å². The lowest BCUT2D eigenvalue weighted by molar-refractivity contribution is -0.140. The first-order valence-electron chi connectivity index (χ1n) is 10.4. The molecule has 1 aliphatic heterocycles. The number of sulfonamides is 1. The molecule has 10 heteroatoms. The van der Waals surface area contributed by atoms with Crippen LogP contribution in [0.15, 0.2) is 23.1 Å². The minimum Gasteiger partial charge on any atom is -0.339 e. The van der Waals surface area contributed by atoms with Crippen molar-refractivity contribution in [2.45, 2.75) is 44.0 Å². The van der Waals surface area contributed by atoms with Crippen molar-refractivity contribution in [2.24, 2.45) is 11.1 Å². The van der Waals surface area contributed by atoms with Crippen molar-refractivity contribution in [3.05, 3.63) is 24.0 Å². The maximum atomic E-state index is 12.7. The molecule has 4 rings (SSSR count). The summed E-state index contributed by atoms with van der Waals surface area (Å²) in [6, 6.07) is 4.65. The first-order chi connectivity index (χ1) is 14.3. The molecule has 0 atom stereocenters. The van der Waals surface area contributed by atoms with E-state index in [0.29, 0.717) is 51.1 Å². The zero-order valence-electron chi connectivity index (χ0n) is 17.1. The number of nitrogens with two attached hydrogens (primary N) is 1. The molecule has 2 heterocycles. The van der Waals surface area contributed by atoms with Gasteiger partial charge in [0.15, 0.2) is 0 Å². The molecule has 2 amide bonds.